The zero-order valence-corrected chi connectivity index (χ0v) is 10.9. The van der Waals surface area contributed by atoms with E-state index in [0.717, 1.165) is 0 Å². The standard InChI is InChI=1S/C7H10Cl4O5/c8-4(9)6(13)15-2-3(1-12)16-7(14)5(10)11/h3-5,7,12,14H,1-2H2. The van der Waals surface area contributed by atoms with Crippen LogP contribution in [0.25, 0.3) is 0 Å². The van der Waals surface area contributed by atoms with Gasteiger partial charge in [0.05, 0.1) is 6.61 Å². The van der Waals surface area contributed by atoms with E-state index in [4.69, 9.17) is 61.4 Å². The number of ether oxygens (including phenoxy) is 2. The van der Waals surface area contributed by atoms with Gasteiger partial charge in [0.25, 0.3) is 0 Å². The van der Waals surface area contributed by atoms with Crippen LogP contribution in [0.4, 0.5) is 0 Å². The first-order valence-electron chi connectivity index (χ1n) is 4.05. The van der Waals surface area contributed by atoms with Gasteiger partial charge in [0.1, 0.15) is 12.7 Å². The van der Waals surface area contributed by atoms with E-state index in [9.17, 15) is 4.79 Å². The molecular weight excluding hydrogens is 306 g/mol. The van der Waals surface area contributed by atoms with Crippen LogP contribution >= 0.6 is 46.4 Å². The molecule has 0 aliphatic heterocycles. The van der Waals surface area contributed by atoms with E-state index in [0.29, 0.717) is 0 Å². The van der Waals surface area contributed by atoms with Crippen molar-refractivity contribution in [2.45, 2.75) is 22.1 Å². The van der Waals surface area contributed by atoms with E-state index in [2.05, 4.69) is 4.74 Å². The molecule has 5 nitrogen and oxygen atoms in total. The molecule has 0 heterocycles. The van der Waals surface area contributed by atoms with Gasteiger partial charge in [0.2, 0.25) is 4.84 Å². The van der Waals surface area contributed by atoms with Crippen LogP contribution in [0, 0.1) is 0 Å². The molecule has 0 fully saturated rings. The van der Waals surface area contributed by atoms with Crippen molar-refractivity contribution < 1.29 is 24.5 Å². The normalized spacial score (nSPS) is 15.2. The quantitative estimate of drug-likeness (QED) is 0.413. The molecule has 0 rings (SSSR count). The van der Waals surface area contributed by atoms with Gasteiger partial charge in [0, 0.05) is 0 Å². The van der Waals surface area contributed by atoms with E-state index in [1.54, 1.807) is 0 Å². The number of carbonyl (C=O) groups excluding carboxylic acids is 1. The lowest BCUT2D eigenvalue weighted by molar-refractivity contribution is -0.167. The van der Waals surface area contributed by atoms with E-state index < -0.39 is 34.6 Å². The molecule has 0 aliphatic carbocycles. The van der Waals surface area contributed by atoms with Crippen molar-refractivity contribution in [2.24, 2.45) is 0 Å². The number of carbonyl (C=O) groups is 1. The Morgan fingerprint density at radius 3 is 2.19 bits per heavy atom. The van der Waals surface area contributed by atoms with Crippen molar-refractivity contribution >= 4 is 52.4 Å². The lowest BCUT2D eigenvalue weighted by Gasteiger charge is -2.20. The maximum absolute atomic E-state index is 10.8. The first-order valence-corrected chi connectivity index (χ1v) is 5.80. The largest absolute Gasteiger partial charge is 0.461 e. The van der Waals surface area contributed by atoms with Gasteiger partial charge >= 0.3 is 5.97 Å². The Labute approximate surface area is 112 Å². The number of alkyl halides is 4. The van der Waals surface area contributed by atoms with Gasteiger partial charge in [-0.3, -0.25) is 0 Å². The molecule has 0 aliphatic rings. The van der Waals surface area contributed by atoms with E-state index >= 15 is 0 Å². The summed E-state index contributed by atoms with van der Waals surface area (Å²) in [6.07, 6.45) is -2.46. The fourth-order valence-corrected chi connectivity index (χ4v) is 0.874. The lowest BCUT2D eigenvalue weighted by Crippen LogP contribution is -2.33. The molecule has 0 saturated carbocycles. The maximum atomic E-state index is 10.8. The SMILES string of the molecule is O=C(OCC(CO)OC(O)C(Cl)Cl)C(Cl)Cl. The summed E-state index contributed by atoms with van der Waals surface area (Å²) in [5.74, 6) is -0.881. The summed E-state index contributed by atoms with van der Waals surface area (Å²) in [5.41, 5.74) is 0. The van der Waals surface area contributed by atoms with Crippen LogP contribution in [0.2, 0.25) is 0 Å². The minimum atomic E-state index is -1.50. The van der Waals surface area contributed by atoms with Crippen molar-refractivity contribution in [3.63, 3.8) is 0 Å². The van der Waals surface area contributed by atoms with E-state index in [1.165, 1.54) is 0 Å². The molecule has 0 aromatic rings. The molecule has 0 saturated heterocycles. The summed E-state index contributed by atoms with van der Waals surface area (Å²) in [6.45, 7) is -0.830. The van der Waals surface area contributed by atoms with Gasteiger partial charge in [-0.25, -0.2) is 4.79 Å². The molecule has 2 unspecified atom stereocenters. The number of hydrogen-bond donors (Lipinski definition) is 2. The van der Waals surface area contributed by atoms with Gasteiger partial charge in [-0.2, -0.15) is 0 Å². The Morgan fingerprint density at radius 2 is 1.81 bits per heavy atom. The maximum Gasteiger partial charge on any atom is 0.339 e. The molecule has 2 atom stereocenters. The molecule has 0 aromatic heterocycles. The van der Waals surface area contributed by atoms with Gasteiger partial charge < -0.3 is 19.7 Å². The Bertz CT molecular complexity index is 213. The molecule has 0 amide bonds. The fraction of sp³-hybridized carbons (Fsp3) is 0.857. The minimum Gasteiger partial charge on any atom is -0.461 e. The third-order valence-corrected chi connectivity index (χ3v) is 2.13. The van der Waals surface area contributed by atoms with Crippen LogP contribution in [0.3, 0.4) is 0 Å². The average molecular weight is 316 g/mol. The number of esters is 1. The Hall–Kier alpha value is 0.510. The van der Waals surface area contributed by atoms with Crippen LogP contribution in [0.5, 0.6) is 0 Å². The monoisotopic (exact) mass is 314 g/mol. The summed E-state index contributed by atoms with van der Waals surface area (Å²) >= 11 is 21.0. The van der Waals surface area contributed by atoms with Gasteiger partial charge in [-0.15, -0.1) is 0 Å². The molecule has 0 spiro atoms. The molecule has 0 aromatic carbocycles. The third kappa shape index (κ3) is 6.96. The summed E-state index contributed by atoms with van der Waals surface area (Å²) in [6, 6.07) is 0. The first-order chi connectivity index (χ1) is 7.38. The summed E-state index contributed by atoms with van der Waals surface area (Å²) in [4.78, 5) is 8.34. The van der Waals surface area contributed by atoms with Crippen LogP contribution < -0.4 is 0 Å². The van der Waals surface area contributed by atoms with Crippen LogP contribution in [0.1, 0.15) is 0 Å². The van der Waals surface area contributed by atoms with Gasteiger partial charge in [-0.05, 0) is 0 Å². The van der Waals surface area contributed by atoms with E-state index in [1.807, 2.05) is 0 Å². The topological polar surface area (TPSA) is 76.0 Å². The number of aliphatic hydroxyl groups excluding tert-OH is 2. The number of aliphatic hydroxyl groups is 2. The lowest BCUT2D eigenvalue weighted by atomic mass is 10.4. The average Bonchev–Trinajstić information content (AvgIpc) is 2.22. The minimum absolute atomic E-state index is 0.331. The second-order valence-corrected chi connectivity index (χ2v) is 4.86. The summed E-state index contributed by atoms with van der Waals surface area (Å²) in [5, 5.41) is 17.9. The van der Waals surface area contributed by atoms with Crippen molar-refractivity contribution in [3.05, 3.63) is 0 Å². The third-order valence-electron chi connectivity index (χ3n) is 1.34. The molecule has 96 valence electrons. The predicted octanol–water partition coefficient (Wildman–Crippen LogP) is 0.833. The van der Waals surface area contributed by atoms with Crippen LogP contribution in [-0.4, -0.2) is 51.5 Å². The van der Waals surface area contributed by atoms with Crippen molar-refractivity contribution in [3.8, 4) is 0 Å². The highest BCUT2D eigenvalue weighted by Crippen LogP contribution is 2.12. The molecule has 2 N–H and O–H groups in total. The van der Waals surface area contributed by atoms with E-state index in [-0.39, 0.29) is 6.61 Å². The second-order valence-electron chi connectivity index (χ2n) is 2.60. The number of hydrogen-bond acceptors (Lipinski definition) is 5. The Kier molecular flexibility index (Phi) is 8.85. The van der Waals surface area contributed by atoms with Crippen molar-refractivity contribution in [1.82, 2.24) is 0 Å². The second kappa shape index (κ2) is 8.58. The van der Waals surface area contributed by atoms with Crippen LogP contribution in [0.15, 0.2) is 0 Å². The van der Waals surface area contributed by atoms with Crippen molar-refractivity contribution in [2.75, 3.05) is 13.2 Å². The molecular formula is C7H10Cl4O5. The predicted molar refractivity (Wildman–Crippen MR) is 59.9 cm³/mol. The highest BCUT2D eigenvalue weighted by atomic mass is 35.5. The number of halogens is 4. The molecule has 0 bridgehead atoms. The zero-order chi connectivity index (χ0) is 12.7. The Morgan fingerprint density at radius 1 is 1.25 bits per heavy atom. The highest BCUT2D eigenvalue weighted by molar-refractivity contribution is 6.52. The summed E-state index contributed by atoms with van der Waals surface area (Å²) < 4.78 is 9.32. The zero-order valence-electron chi connectivity index (χ0n) is 7.85. The van der Waals surface area contributed by atoms with Crippen LogP contribution in [-0.2, 0) is 14.3 Å². The molecule has 9 heteroatoms. The van der Waals surface area contributed by atoms with Crippen molar-refractivity contribution in [1.29, 1.82) is 0 Å². The van der Waals surface area contributed by atoms with Gasteiger partial charge in [-0.1, -0.05) is 46.4 Å². The molecule has 16 heavy (non-hydrogen) atoms. The first kappa shape index (κ1) is 16.5. The smallest absolute Gasteiger partial charge is 0.339 e. The molecule has 0 radical (unpaired) electrons. The summed E-state index contributed by atoms with van der Waals surface area (Å²) in [7, 11) is 0. The fourth-order valence-electron chi connectivity index (χ4n) is 0.630. The number of rotatable bonds is 7. The Balaban J connectivity index is 3.97. The highest BCUT2D eigenvalue weighted by Gasteiger charge is 2.22. The van der Waals surface area contributed by atoms with Gasteiger partial charge in [0.15, 0.2) is 11.1 Å².